The summed E-state index contributed by atoms with van der Waals surface area (Å²) >= 11 is 0. The highest BCUT2D eigenvalue weighted by atomic mass is 16.2. The molecule has 4 heteroatoms. The molecule has 0 saturated heterocycles. The van der Waals surface area contributed by atoms with Crippen LogP contribution in [0.15, 0.2) is 133 Å². The van der Waals surface area contributed by atoms with E-state index >= 15 is 0 Å². The number of hydrogen-bond acceptors (Lipinski definition) is 2. The van der Waals surface area contributed by atoms with E-state index < -0.39 is 0 Å². The predicted molar refractivity (Wildman–Crippen MR) is 186 cm³/mol. The van der Waals surface area contributed by atoms with Gasteiger partial charge < -0.3 is 4.57 Å². The Morgan fingerprint density at radius 2 is 1.09 bits per heavy atom. The SMILES string of the molecule is Cc1ccc2c(c1)c1cc(C)ccc1n2-c1ccccc1C#Cc1ccccc1-c1ccc2c(c1)C(=O)N(c1ccccc1)C2=O. The van der Waals surface area contributed by atoms with Gasteiger partial charge in [-0.15, -0.1) is 0 Å². The lowest BCUT2D eigenvalue weighted by Crippen LogP contribution is -2.29. The standard InChI is InChI=1S/C42H28N2O2/c1-27-16-22-39-35(24-27)36-25-28(2)17-23-40(36)44(39)38-15-9-7-11-30(38)19-18-29-10-6-8-14-33(29)31-20-21-34-37(26-31)42(46)43(41(34)45)32-12-4-3-5-13-32/h3-17,20-26H,1-2H3. The minimum atomic E-state index is -0.317. The summed E-state index contributed by atoms with van der Waals surface area (Å²) in [6.07, 6.45) is 0. The van der Waals surface area contributed by atoms with Crippen molar-refractivity contribution in [2.75, 3.05) is 4.90 Å². The maximum Gasteiger partial charge on any atom is 0.266 e. The van der Waals surface area contributed by atoms with E-state index in [1.54, 1.807) is 18.2 Å². The Labute approximate surface area is 267 Å². The minimum Gasteiger partial charge on any atom is -0.308 e. The summed E-state index contributed by atoms with van der Waals surface area (Å²) in [4.78, 5) is 27.9. The Hall–Kier alpha value is -6.18. The van der Waals surface area contributed by atoms with Crippen LogP contribution < -0.4 is 4.90 Å². The van der Waals surface area contributed by atoms with Gasteiger partial charge in [0.15, 0.2) is 0 Å². The van der Waals surface area contributed by atoms with Crippen LogP contribution in [-0.4, -0.2) is 16.4 Å². The number of aromatic nitrogens is 1. The third-order valence-corrected chi connectivity index (χ3v) is 8.69. The summed E-state index contributed by atoms with van der Waals surface area (Å²) < 4.78 is 2.31. The Balaban J connectivity index is 1.22. The molecule has 0 spiro atoms. The van der Waals surface area contributed by atoms with Gasteiger partial charge in [-0.05, 0) is 91.7 Å². The number of fused-ring (bicyclic) bond motifs is 4. The first-order chi connectivity index (χ1) is 22.5. The molecule has 0 aliphatic carbocycles. The first-order valence-corrected chi connectivity index (χ1v) is 15.3. The lowest BCUT2D eigenvalue weighted by molar-refractivity contribution is 0.0926. The van der Waals surface area contributed by atoms with Crippen LogP contribution in [0.3, 0.4) is 0 Å². The van der Waals surface area contributed by atoms with E-state index in [0.717, 1.165) is 39.0 Å². The normalized spacial score (nSPS) is 12.4. The van der Waals surface area contributed by atoms with E-state index in [2.05, 4.69) is 84.9 Å². The molecule has 46 heavy (non-hydrogen) atoms. The second kappa shape index (κ2) is 10.8. The Morgan fingerprint density at radius 3 is 1.80 bits per heavy atom. The van der Waals surface area contributed by atoms with Gasteiger partial charge in [0.05, 0.1) is 33.5 Å². The summed E-state index contributed by atoms with van der Waals surface area (Å²) in [5, 5.41) is 2.45. The number of nitrogens with zero attached hydrogens (tertiary/aromatic N) is 2. The molecule has 4 nitrogen and oxygen atoms in total. The third kappa shape index (κ3) is 4.41. The van der Waals surface area contributed by atoms with Crippen LogP contribution in [0.4, 0.5) is 5.69 Å². The van der Waals surface area contributed by atoms with Gasteiger partial charge in [0.1, 0.15) is 0 Å². The first-order valence-electron chi connectivity index (χ1n) is 15.3. The van der Waals surface area contributed by atoms with Crippen LogP contribution in [-0.2, 0) is 0 Å². The van der Waals surface area contributed by atoms with Crippen molar-refractivity contribution in [2.45, 2.75) is 13.8 Å². The molecule has 7 aromatic rings. The van der Waals surface area contributed by atoms with Crippen LogP contribution in [0, 0.1) is 25.7 Å². The molecule has 0 unspecified atom stereocenters. The highest BCUT2D eigenvalue weighted by Crippen LogP contribution is 2.35. The van der Waals surface area contributed by atoms with Gasteiger partial charge in [-0.25, -0.2) is 4.90 Å². The monoisotopic (exact) mass is 592 g/mol. The number of para-hydroxylation sites is 2. The fourth-order valence-electron chi connectivity index (χ4n) is 6.48. The van der Waals surface area contributed by atoms with Crippen molar-refractivity contribution in [1.82, 2.24) is 4.57 Å². The van der Waals surface area contributed by atoms with E-state index in [1.807, 2.05) is 60.7 Å². The van der Waals surface area contributed by atoms with Crippen molar-refractivity contribution in [3.8, 4) is 28.7 Å². The molecule has 0 radical (unpaired) electrons. The Kier molecular flexibility index (Phi) is 6.41. The van der Waals surface area contributed by atoms with Crippen molar-refractivity contribution in [2.24, 2.45) is 0 Å². The molecule has 0 saturated carbocycles. The molecule has 218 valence electrons. The summed E-state index contributed by atoms with van der Waals surface area (Å²) in [5.41, 5.74) is 10.6. The molecule has 0 bridgehead atoms. The highest BCUT2D eigenvalue weighted by Gasteiger charge is 2.36. The molecule has 1 aliphatic rings. The summed E-state index contributed by atoms with van der Waals surface area (Å²) in [6, 6.07) is 43.9. The summed E-state index contributed by atoms with van der Waals surface area (Å²) in [7, 11) is 0. The maximum atomic E-state index is 13.4. The van der Waals surface area contributed by atoms with E-state index in [1.165, 1.54) is 26.8 Å². The van der Waals surface area contributed by atoms with Crippen molar-refractivity contribution < 1.29 is 9.59 Å². The lowest BCUT2D eigenvalue weighted by atomic mass is 9.96. The summed E-state index contributed by atoms with van der Waals surface area (Å²) in [6.45, 7) is 4.26. The van der Waals surface area contributed by atoms with E-state index in [-0.39, 0.29) is 11.8 Å². The zero-order valence-corrected chi connectivity index (χ0v) is 25.4. The average Bonchev–Trinajstić information content (AvgIpc) is 3.53. The van der Waals surface area contributed by atoms with Gasteiger partial charge >= 0.3 is 0 Å². The maximum absolute atomic E-state index is 13.4. The van der Waals surface area contributed by atoms with Crippen LogP contribution >= 0.6 is 0 Å². The van der Waals surface area contributed by atoms with Crippen molar-refractivity contribution in [1.29, 1.82) is 0 Å². The molecule has 2 amide bonds. The number of aryl methyl sites for hydroxylation is 2. The number of rotatable bonds is 3. The van der Waals surface area contributed by atoms with Gasteiger partial charge in [0.2, 0.25) is 0 Å². The topological polar surface area (TPSA) is 42.3 Å². The molecule has 1 aromatic heterocycles. The average molecular weight is 593 g/mol. The molecular formula is C42H28N2O2. The molecule has 0 atom stereocenters. The van der Waals surface area contributed by atoms with E-state index in [4.69, 9.17) is 0 Å². The van der Waals surface area contributed by atoms with Crippen LogP contribution in [0.2, 0.25) is 0 Å². The number of anilines is 1. The van der Waals surface area contributed by atoms with Crippen LogP contribution in [0.25, 0.3) is 38.6 Å². The number of imide groups is 1. The highest BCUT2D eigenvalue weighted by molar-refractivity contribution is 6.34. The predicted octanol–water partition coefficient (Wildman–Crippen LogP) is 9.27. The van der Waals surface area contributed by atoms with Gasteiger partial charge in [-0.1, -0.05) is 89.7 Å². The number of carbonyl (C=O) groups is 2. The molecule has 0 N–H and O–H groups in total. The third-order valence-electron chi connectivity index (χ3n) is 8.69. The first kappa shape index (κ1) is 27.4. The van der Waals surface area contributed by atoms with Gasteiger partial charge in [0, 0.05) is 21.9 Å². The number of benzene rings is 6. The molecular weight excluding hydrogens is 564 g/mol. The fourth-order valence-corrected chi connectivity index (χ4v) is 6.48. The molecule has 8 rings (SSSR count). The van der Waals surface area contributed by atoms with Crippen LogP contribution in [0.1, 0.15) is 43.0 Å². The van der Waals surface area contributed by atoms with E-state index in [9.17, 15) is 9.59 Å². The smallest absolute Gasteiger partial charge is 0.266 e. The number of carbonyl (C=O) groups excluding carboxylic acids is 2. The molecule has 6 aromatic carbocycles. The van der Waals surface area contributed by atoms with Gasteiger partial charge in [0.25, 0.3) is 11.8 Å². The zero-order valence-electron chi connectivity index (χ0n) is 25.4. The number of hydrogen-bond donors (Lipinski definition) is 0. The fraction of sp³-hybridized carbons (Fsp3) is 0.0476. The Bertz CT molecular complexity index is 2380. The minimum absolute atomic E-state index is 0.308. The van der Waals surface area contributed by atoms with Crippen molar-refractivity contribution in [3.05, 3.63) is 167 Å². The Morgan fingerprint density at radius 1 is 0.500 bits per heavy atom. The van der Waals surface area contributed by atoms with E-state index in [0.29, 0.717) is 16.8 Å². The largest absolute Gasteiger partial charge is 0.308 e. The molecule has 1 aliphatic heterocycles. The lowest BCUT2D eigenvalue weighted by Gasteiger charge is -2.13. The number of amides is 2. The van der Waals surface area contributed by atoms with Gasteiger partial charge in [-0.3, -0.25) is 9.59 Å². The van der Waals surface area contributed by atoms with Crippen molar-refractivity contribution in [3.63, 3.8) is 0 Å². The van der Waals surface area contributed by atoms with Gasteiger partial charge in [-0.2, -0.15) is 0 Å². The van der Waals surface area contributed by atoms with Crippen molar-refractivity contribution >= 4 is 39.3 Å². The molecule has 2 heterocycles. The summed E-state index contributed by atoms with van der Waals surface area (Å²) in [5.74, 6) is 6.29. The quantitative estimate of drug-likeness (QED) is 0.152. The molecule has 0 fully saturated rings. The zero-order chi connectivity index (χ0) is 31.4. The second-order valence-electron chi connectivity index (χ2n) is 11.7. The van der Waals surface area contributed by atoms with Crippen LogP contribution in [0.5, 0.6) is 0 Å². The second-order valence-corrected chi connectivity index (χ2v) is 11.7.